The van der Waals surface area contributed by atoms with Crippen LogP contribution in [0, 0.1) is 0 Å². The van der Waals surface area contributed by atoms with Crippen LogP contribution in [-0.2, 0) is 13.0 Å². The van der Waals surface area contributed by atoms with Crippen LogP contribution in [0.2, 0.25) is 0 Å². The molecule has 2 N–H and O–H groups in total. The van der Waals surface area contributed by atoms with Crippen molar-refractivity contribution < 1.29 is 0 Å². The van der Waals surface area contributed by atoms with E-state index >= 15 is 0 Å². The number of anilines is 1. The summed E-state index contributed by atoms with van der Waals surface area (Å²) < 4.78 is 2.07. The molecule has 100 valence electrons. The molecule has 0 aliphatic rings. The summed E-state index contributed by atoms with van der Waals surface area (Å²) in [6.45, 7) is 0.833. The first-order valence-electron chi connectivity index (χ1n) is 6.75. The van der Waals surface area contributed by atoms with Crippen LogP contribution in [0.25, 0.3) is 11.3 Å². The lowest BCUT2D eigenvalue weighted by Crippen LogP contribution is -2.07. The number of nitrogens with zero attached hydrogens (tertiary/aromatic N) is 2. The fourth-order valence-corrected chi connectivity index (χ4v) is 2.35. The zero-order chi connectivity index (χ0) is 13.8. The second-order valence-electron chi connectivity index (χ2n) is 4.75. The van der Waals surface area contributed by atoms with Crippen molar-refractivity contribution >= 4 is 5.95 Å². The summed E-state index contributed by atoms with van der Waals surface area (Å²) in [5, 5.41) is 0. The first-order valence-corrected chi connectivity index (χ1v) is 6.75. The Hall–Kier alpha value is -2.55. The standard InChI is InChI=1S/C17H17N3/c18-17-19-13-16(15-9-5-2-6-10-15)20(17)12-11-14-7-3-1-4-8-14/h1-10,13H,11-12H2,(H2,18,19). The van der Waals surface area contributed by atoms with E-state index in [-0.39, 0.29) is 0 Å². The minimum atomic E-state index is 0.569. The normalized spacial score (nSPS) is 10.6. The highest BCUT2D eigenvalue weighted by molar-refractivity contribution is 5.60. The molecule has 1 heterocycles. The van der Waals surface area contributed by atoms with Crippen molar-refractivity contribution in [2.24, 2.45) is 0 Å². The summed E-state index contributed by atoms with van der Waals surface area (Å²) in [5.74, 6) is 0.569. The molecule has 0 amide bonds. The van der Waals surface area contributed by atoms with Gasteiger partial charge in [0.25, 0.3) is 0 Å². The maximum Gasteiger partial charge on any atom is 0.200 e. The van der Waals surface area contributed by atoms with Crippen molar-refractivity contribution in [2.75, 3.05) is 5.73 Å². The molecular formula is C17H17N3. The van der Waals surface area contributed by atoms with Gasteiger partial charge in [-0.25, -0.2) is 4.98 Å². The predicted octanol–water partition coefficient (Wildman–Crippen LogP) is 3.38. The fourth-order valence-electron chi connectivity index (χ4n) is 2.35. The van der Waals surface area contributed by atoms with Gasteiger partial charge in [-0.2, -0.15) is 0 Å². The molecule has 0 aliphatic carbocycles. The zero-order valence-electron chi connectivity index (χ0n) is 11.2. The average Bonchev–Trinajstić information content (AvgIpc) is 2.88. The van der Waals surface area contributed by atoms with Crippen LogP contribution in [0.3, 0.4) is 0 Å². The number of hydrogen-bond acceptors (Lipinski definition) is 2. The van der Waals surface area contributed by atoms with Crippen molar-refractivity contribution in [1.29, 1.82) is 0 Å². The van der Waals surface area contributed by atoms with Crippen molar-refractivity contribution in [3.8, 4) is 11.3 Å². The average molecular weight is 263 g/mol. The van der Waals surface area contributed by atoms with Gasteiger partial charge in [-0.1, -0.05) is 60.7 Å². The Kier molecular flexibility index (Phi) is 3.50. The van der Waals surface area contributed by atoms with E-state index in [9.17, 15) is 0 Å². The number of aryl methyl sites for hydroxylation is 1. The highest BCUT2D eigenvalue weighted by Crippen LogP contribution is 2.22. The zero-order valence-corrected chi connectivity index (χ0v) is 11.2. The SMILES string of the molecule is Nc1ncc(-c2ccccc2)n1CCc1ccccc1. The van der Waals surface area contributed by atoms with E-state index in [4.69, 9.17) is 5.73 Å². The van der Waals surface area contributed by atoms with Gasteiger partial charge >= 0.3 is 0 Å². The first-order chi connectivity index (χ1) is 9.84. The molecule has 20 heavy (non-hydrogen) atoms. The Morgan fingerprint density at radius 3 is 2.25 bits per heavy atom. The predicted molar refractivity (Wildman–Crippen MR) is 82.2 cm³/mol. The summed E-state index contributed by atoms with van der Waals surface area (Å²) in [4.78, 5) is 4.25. The van der Waals surface area contributed by atoms with Crippen LogP contribution in [0.15, 0.2) is 66.9 Å². The highest BCUT2D eigenvalue weighted by atomic mass is 15.1. The van der Waals surface area contributed by atoms with Crippen molar-refractivity contribution in [3.63, 3.8) is 0 Å². The van der Waals surface area contributed by atoms with Crippen LogP contribution in [0.5, 0.6) is 0 Å². The van der Waals surface area contributed by atoms with Crippen molar-refractivity contribution in [1.82, 2.24) is 9.55 Å². The van der Waals surface area contributed by atoms with Gasteiger partial charge in [0.2, 0.25) is 5.95 Å². The molecule has 3 aromatic rings. The number of hydrogen-bond donors (Lipinski definition) is 1. The number of aromatic nitrogens is 2. The van der Waals surface area contributed by atoms with Gasteiger partial charge in [-0.05, 0) is 17.5 Å². The minimum Gasteiger partial charge on any atom is -0.369 e. The summed E-state index contributed by atoms with van der Waals surface area (Å²) in [5.41, 5.74) is 9.51. The maximum atomic E-state index is 5.99. The van der Waals surface area contributed by atoms with Crippen molar-refractivity contribution in [3.05, 3.63) is 72.4 Å². The van der Waals surface area contributed by atoms with E-state index in [2.05, 4.69) is 45.9 Å². The molecule has 0 aliphatic heterocycles. The Morgan fingerprint density at radius 2 is 1.55 bits per heavy atom. The molecule has 3 rings (SSSR count). The number of rotatable bonds is 4. The Labute approximate surface area is 118 Å². The molecule has 1 aromatic heterocycles. The van der Waals surface area contributed by atoms with Crippen LogP contribution < -0.4 is 5.73 Å². The molecule has 2 aromatic carbocycles. The molecule has 0 fully saturated rings. The second kappa shape index (κ2) is 5.61. The number of benzene rings is 2. The molecule has 0 bridgehead atoms. The Morgan fingerprint density at radius 1 is 0.900 bits per heavy atom. The summed E-state index contributed by atoms with van der Waals surface area (Å²) in [6, 6.07) is 20.6. The van der Waals surface area contributed by atoms with Gasteiger partial charge in [-0.15, -0.1) is 0 Å². The molecule has 0 spiro atoms. The molecule has 0 unspecified atom stereocenters. The van der Waals surface area contributed by atoms with Gasteiger partial charge in [0, 0.05) is 6.54 Å². The number of nitrogen functional groups attached to an aromatic ring is 1. The lowest BCUT2D eigenvalue weighted by Gasteiger charge is -2.10. The lowest BCUT2D eigenvalue weighted by atomic mass is 10.1. The largest absolute Gasteiger partial charge is 0.369 e. The first kappa shape index (κ1) is 12.5. The van der Waals surface area contributed by atoms with Gasteiger partial charge in [0.1, 0.15) is 0 Å². The summed E-state index contributed by atoms with van der Waals surface area (Å²) in [6.07, 6.45) is 2.79. The van der Waals surface area contributed by atoms with Crippen LogP contribution in [0.4, 0.5) is 5.95 Å². The smallest absolute Gasteiger partial charge is 0.200 e. The third-order valence-corrected chi connectivity index (χ3v) is 3.42. The van der Waals surface area contributed by atoms with E-state index < -0.39 is 0 Å². The third-order valence-electron chi connectivity index (χ3n) is 3.42. The molecule has 0 atom stereocenters. The Bertz CT molecular complexity index is 672. The van der Waals surface area contributed by atoms with E-state index in [1.54, 1.807) is 0 Å². The van der Waals surface area contributed by atoms with Gasteiger partial charge in [-0.3, -0.25) is 0 Å². The molecule has 3 heteroatoms. The molecule has 0 saturated carbocycles. The summed E-state index contributed by atoms with van der Waals surface area (Å²) >= 11 is 0. The van der Waals surface area contributed by atoms with E-state index in [1.807, 2.05) is 30.5 Å². The quantitative estimate of drug-likeness (QED) is 0.784. The number of imidazole rings is 1. The van der Waals surface area contributed by atoms with Crippen LogP contribution >= 0.6 is 0 Å². The lowest BCUT2D eigenvalue weighted by molar-refractivity contribution is 0.712. The topological polar surface area (TPSA) is 43.8 Å². The molecule has 0 saturated heterocycles. The van der Waals surface area contributed by atoms with Crippen LogP contribution in [0.1, 0.15) is 5.56 Å². The van der Waals surface area contributed by atoms with E-state index in [0.29, 0.717) is 5.95 Å². The highest BCUT2D eigenvalue weighted by Gasteiger charge is 2.08. The monoisotopic (exact) mass is 263 g/mol. The third kappa shape index (κ3) is 2.57. The minimum absolute atomic E-state index is 0.569. The van der Waals surface area contributed by atoms with Gasteiger partial charge < -0.3 is 10.3 Å². The molecular weight excluding hydrogens is 246 g/mol. The summed E-state index contributed by atoms with van der Waals surface area (Å²) in [7, 11) is 0. The molecule has 0 radical (unpaired) electrons. The van der Waals surface area contributed by atoms with E-state index in [0.717, 1.165) is 24.2 Å². The van der Waals surface area contributed by atoms with E-state index in [1.165, 1.54) is 5.56 Å². The maximum absolute atomic E-state index is 5.99. The second-order valence-corrected chi connectivity index (χ2v) is 4.75. The van der Waals surface area contributed by atoms with Gasteiger partial charge in [0.15, 0.2) is 0 Å². The fraction of sp³-hybridized carbons (Fsp3) is 0.118. The number of nitrogens with two attached hydrogens (primary N) is 1. The Balaban J connectivity index is 1.85. The van der Waals surface area contributed by atoms with Gasteiger partial charge in [0.05, 0.1) is 11.9 Å². The molecule has 3 nitrogen and oxygen atoms in total. The van der Waals surface area contributed by atoms with Crippen molar-refractivity contribution in [2.45, 2.75) is 13.0 Å². The van der Waals surface area contributed by atoms with Crippen LogP contribution in [-0.4, -0.2) is 9.55 Å².